The molecule has 3 nitrogen and oxygen atoms in total. The first kappa shape index (κ1) is 11.7. The van der Waals surface area contributed by atoms with Crippen LogP contribution in [0.2, 0.25) is 0 Å². The van der Waals surface area contributed by atoms with Gasteiger partial charge < -0.3 is 0 Å². The highest BCUT2D eigenvalue weighted by Gasteiger charge is 2.06. The van der Waals surface area contributed by atoms with Gasteiger partial charge >= 0.3 is 0 Å². The van der Waals surface area contributed by atoms with Crippen molar-refractivity contribution < 1.29 is 4.79 Å². The Balaban J connectivity index is 2.12. The first-order valence-corrected chi connectivity index (χ1v) is 6.20. The molecule has 0 aliphatic heterocycles. The number of rotatable bonds is 2. The second-order valence-electron chi connectivity index (χ2n) is 4.76. The number of carbonyl (C=O) groups is 1. The van der Waals surface area contributed by atoms with E-state index in [1.54, 1.807) is 6.92 Å². The fraction of sp³-hybridized carbons (Fsp3) is 0.125. The summed E-state index contributed by atoms with van der Waals surface area (Å²) in [5.41, 5.74) is 5.26. The maximum absolute atomic E-state index is 11.3. The fourth-order valence-corrected chi connectivity index (χ4v) is 2.30. The number of hydrogen-bond donors (Lipinski definition) is 1. The predicted octanol–water partition coefficient (Wildman–Crippen LogP) is 3.74. The van der Waals surface area contributed by atoms with Gasteiger partial charge in [-0.05, 0) is 42.7 Å². The number of aromatic nitrogens is 2. The van der Waals surface area contributed by atoms with Crippen molar-refractivity contribution in [1.29, 1.82) is 0 Å². The Kier molecular flexibility index (Phi) is 2.67. The molecule has 0 unspecified atom stereocenters. The third kappa shape index (κ3) is 2.03. The standard InChI is InChI=1S/C16H14N2O/c1-10-7-16-14(9-17-18-16)8-15(10)13-5-3-12(4-6-13)11(2)19/h3-9H,1-2H3,(H,17,18). The molecule has 0 spiro atoms. The number of Topliss-reactive ketones (excluding diaryl/α,β-unsaturated/α-hetero) is 1. The number of nitrogens with zero attached hydrogens (tertiary/aromatic N) is 1. The molecule has 0 aliphatic carbocycles. The summed E-state index contributed by atoms with van der Waals surface area (Å²) in [5.74, 6) is 0.0913. The molecule has 2 aromatic carbocycles. The number of fused-ring (bicyclic) bond motifs is 1. The van der Waals surface area contributed by atoms with Gasteiger partial charge in [-0.2, -0.15) is 5.10 Å². The smallest absolute Gasteiger partial charge is 0.159 e. The summed E-state index contributed by atoms with van der Waals surface area (Å²) >= 11 is 0. The number of benzene rings is 2. The van der Waals surface area contributed by atoms with Crippen LogP contribution < -0.4 is 0 Å². The first-order chi connectivity index (χ1) is 9.15. The number of ketones is 1. The van der Waals surface area contributed by atoms with Crippen LogP contribution in [0.1, 0.15) is 22.8 Å². The number of hydrogen-bond acceptors (Lipinski definition) is 2. The second-order valence-corrected chi connectivity index (χ2v) is 4.76. The molecular weight excluding hydrogens is 236 g/mol. The van der Waals surface area contributed by atoms with Gasteiger partial charge in [-0.25, -0.2) is 0 Å². The van der Waals surface area contributed by atoms with Crippen molar-refractivity contribution in [2.75, 3.05) is 0 Å². The van der Waals surface area contributed by atoms with Crippen LogP contribution in [0.4, 0.5) is 0 Å². The lowest BCUT2D eigenvalue weighted by Crippen LogP contribution is -1.91. The summed E-state index contributed by atoms with van der Waals surface area (Å²) < 4.78 is 0. The van der Waals surface area contributed by atoms with E-state index in [-0.39, 0.29) is 5.78 Å². The summed E-state index contributed by atoms with van der Waals surface area (Å²) in [5, 5.41) is 8.11. The van der Waals surface area contributed by atoms with Gasteiger partial charge in [0.2, 0.25) is 0 Å². The van der Waals surface area contributed by atoms with Gasteiger partial charge in [-0.15, -0.1) is 0 Å². The molecule has 3 aromatic rings. The molecule has 3 rings (SSSR count). The number of aromatic amines is 1. The average Bonchev–Trinajstić information content (AvgIpc) is 2.85. The molecule has 1 N–H and O–H groups in total. The van der Waals surface area contributed by atoms with E-state index in [9.17, 15) is 4.79 Å². The summed E-state index contributed by atoms with van der Waals surface area (Å²) in [4.78, 5) is 11.3. The highest BCUT2D eigenvalue weighted by molar-refractivity contribution is 5.94. The van der Waals surface area contributed by atoms with Gasteiger partial charge in [0.15, 0.2) is 5.78 Å². The van der Waals surface area contributed by atoms with Crippen LogP contribution in [-0.4, -0.2) is 16.0 Å². The van der Waals surface area contributed by atoms with Crippen LogP contribution in [-0.2, 0) is 0 Å². The minimum absolute atomic E-state index is 0.0913. The molecule has 1 heterocycles. The largest absolute Gasteiger partial charge is 0.295 e. The average molecular weight is 250 g/mol. The molecule has 0 amide bonds. The van der Waals surface area contributed by atoms with Crippen LogP contribution >= 0.6 is 0 Å². The zero-order valence-corrected chi connectivity index (χ0v) is 10.9. The molecule has 1 aromatic heterocycles. The normalized spacial score (nSPS) is 10.8. The molecule has 0 atom stereocenters. The first-order valence-electron chi connectivity index (χ1n) is 6.20. The van der Waals surface area contributed by atoms with E-state index in [4.69, 9.17) is 0 Å². The minimum atomic E-state index is 0.0913. The number of H-pyrrole nitrogens is 1. The van der Waals surface area contributed by atoms with Crippen molar-refractivity contribution in [2.45, 2.75) is 13.8 Å². The highest BCUT2D eigenvalue weighted by atomic mass is 16.1. The van der Waals surface area contributed by atoms with Crippen LogP contribution in [0.15, 0.2) is 42.6 Å². The van der Waals surface area contributed by atoms with Gasteiger partial charge in [0.25, 0.3) is 0 Å². The van der Waals surface area contributed by atoms with Crippen molar-refractivity contribution in [3.8, 4) is 11.1 Å². The van der Waals surface area contributed by atoms with E-state index in [0.29, 0.717) is 0 Å². The quantitative estimate of drug-likeness (QED) is 0.704. The minimum Gasteiger partial charge on any atom is -0.295 e. The van der Waals surface area contributed by atoms with Crippen LogP contribution in [0.3, 0.4) is 0 Å². The van der Waals surface area contributed by atoms with Crippen molar-refractivity contribution >= 4 is 16.7 Å². The molecule has 0 saturated carbocycles. The van der Waals surface area contributed by atoms with Crippen molar-refractivity contribution in [1.82, 2.24) is 10.2 Å². The monoisotopic (exact) mass is 250 g/mol. The lowest BCUT2D eigenvalue weighted by atomic mass is 9.97. The Morgan fingerprint density at radius 2 is 1.89 bits per heavy atom. The van der Waals surface area contributed by atoms with E-state index in [2.05, 4.69) is 29.3 Å². The summed E-state index contributed by atoms with van der Waals surface area (Å²) in [6, 6.07) is 11.9. The van der Waals surface area contributed by atoms with E-state index in [1.807, 2.05) is 30.5 Å². The third-order valence-electron chi connectivity index (χ3n) is 3.39. The zero-order chi connectivity index (χ0) is 13.4. The lowest BCUT2D eigenvalue weighted by Gasteiger charge is -2.07. The van der Waals surface area contributed by atoms with Gasteiger partial charge in [0.1, 0.15) is 0 Å². The maximum Gasteiger partial charge on any atom is 0.159 e. The molecule has 0 bridgehead atoms. The summed E-state index contributed by atoms with van der Waals surface area (Å²) in [6.45, 7) is 3.66. The molecular formula is C16H14N2O. The molecule has 3 heteroatoms. The Morgan fingerprint density at radius 1 is 1.16 bits per heavy atom. The molecule has 0 radical (unpaired) electrons. The van der Waals surface area contributed by atoms with Gasteiger partial charge in [-0.1, -0.05) is 24.3 Å². The van der Waals surface area contributed by atoms with Crippen molar-refractivity contribution in [3.63, 3.8) is 0 Å². The number of nitrogens with one attached hydrogen (secondary N) is 1. The number of carbonyl (C=O) groups excluding carboxylic acids is 1. The Labute approximate surface area is 111 Å². The van der Waals surface area contributed by atoms with Crippen LogP contribution in [0, 0.1) is 6.92 Å². The van der Waals surface area contributed by atoms with Crippen LogP contribution in [0.25, 0.3) is 22.0 Å². The lowest BCUT2D eigenvalue weighted by molar-refractivity contribution is 0.101. The highest BCUT2D eigenvalue weighted by Crippen LogP contribution is 2.27. The second kappa shape index (κ2) is 4.35. The molecule has 94 valence electrons. The van der Waals surface area contributed by atoms with E-state index < -0.39 is 0 Å². The predicted molar refractivity (Wildman–Crippen MR) is 76.3 cm³/mol. The Bertz CT molecular complexity index is 754. The van der Waals surface area contributed by atoms with Crippen molar-refractivity contribution in [2.24, 2.45) is 0 Å². The molecule has 0 fully saturated rings. The molecule has 0 saturated heterocycles. The summed E-state index contributed by atoms with van der Waals surface area (Å²) in [7, 11) is 0. The molecule has 0 aliphatic rings. The molecule has 19 heavy (non-hydrogen) atoms. The van der Waals surface area contributed by atoms with Crippen LogP contribution in [0.5, 0.6) is 0 Å². The van der Waals surface area contributed by atoms with Gasteiger partial charge in [-0.3, -0.25) is 9.89 Å². The zero-order valence-electron chi connectivity index (χ0n) is 10.9. The van der Waals surface area contributed by atoms with E-state index in [1.165, 1.54) is 11.1 Å². The van der Waals surface area contributed by atoms with Gasteiger partial charge in [0.05, 0.1) is 11.7 Å². The van der Waals surface area contributed by atoms with Gasteiger partial charge in [0, 0.05) is 10.9 Å². The Hall–Kier alpha value is -2.42. The third-order valence-corrected chi connectivity index (χ3v) is 3.39. The Morgan fingerprint density at radius 3 is 2.58 bits per heavy atom. The summed E-state index contributed by atoms with van der Waals surface area (Å²) in [6.07, 6.45) is 1.82. The van der Waals surface area contributed by atoms with E-state index >= 15 is 0 Å². The number of aryl methyl sites for hydroxylation is 1. The van der Waals surface area contributed by atoms with E-state index in [0.717, 1.165) is 22.0 Å². The topological polar surface area (TPSA) is 45.8 Å². The SMILES string of the molecule is CC(=O)c1ccc(-c2cc3cn[nH]c3cc2C)cc1. The fourth-order valence-electron chi connectivity index (χ4n) is 2.30. The maximum atomic E-state index is 11.3. The van der Waals surface area contributed by atoms with Crippen molar-refractivity contribution in [3.05, 3.63) is 53.7 Å².